The predicted octanol–water partition coefficient (Wildman–Crippen LogP) is 0.709. The molecular weight excluding hydrogens is 242 g/mol. The van der Waals surface area contributed by atoms with Crippen LogP contribution in [0.1, 0.15) is 12.0 Å². The molecule has 0 saturated carbocycles. The second-order valence-corrected chi connectivity index (χ2v) is 4.41. The van der Waals surface area contributed by atoms with Crippen molar-refractivity contribution in [2.45, 2.75) is 12.8 Å². The quantitative estimate of drug-likeness (QED) is 0.668. The smallest absolute Gasteiger partial charge is 0.223 e. The lowest BCUT2D eigenvalue weighted by Crippen LogP contribution is -2.32. The lowest BCUT2D eigenvalue weighted by atomic mass is 10.2. The molecule has 0 aliphatic rings. The Bertz CT molecular complexity index is 357. The number of carbonyl (C=O) groups is 1. The van der Waals surface area contributed by atoms with Gasteiger partial charge in [0.05, 0.1) is 6.61 Å². The monoisotopic (exact) mass is 265 g/mol. The van der Waals surface area contributed by atoms with E-state index in [0.29, 0.717) is 19.6 Å². The zero-order valence-electron chi connectivity index (χ0n) is 11.8. The molecule has 1 rings (SSSR count). The van der Waals surface area contributed by atoms with E-state index in [4.69, 9.17) is 4.74 Å². The van der Waals surface area contributed by atoms with E-state index in [2.05, 4.69) is 10.3 Å². The van der Waals surface area contributed by atoms with Gasteiger partial charge in [-0.15, -0.1) is 0 Å². The zero-order valence-corrected chi connectivity index (χ0v) is 11.8. The Balaban J connectivity index is 2.14. The van der Waals surface area contributed by atoms with Crippen LogP contribution >= 0.6 is 0 Å². The molecule has 0 saturated heterocycles. The molecule has 0 bridgehead atoms. The molecule has 5 heteroatoms. The molecule has 1 N–H and O–H groups in total. The van der Waals surface area contributed by atoms with E-state index in [0.717, 1.165) is 19.5 Å². The van der Waals surface area contributed by atoms with Crippen LogP contribution in [0.25, 0.3) is 0 Å². The minimum Gasteiger partial charge on any atom is -0.383 e. The maximum absolute atomic E-state index is 11.8. The summed E-state index contributed by atoms with van der Waals surface area (Å²) in [5.74, 6) is 0.166. The van der Waals surface area contributed by atoms with Gasteiger partial charge in [0.2, 0.25) is 5.91 Å². The lowest BCUT2D eigenvalue weighted by Gasteiger charge is -2.17. The number of carbonyl (C=O) groups excluding carboxylic acids is 1. The average molecular weight is 265 g/mol. The number of rotatable bonds is 9. The predicted molar refractivity (Wildman–Crippen MR) is 74.9 cm³/mol. The summed E-state index contributed by atoms with van der Waals surface area (Å²) < 4.78 is 4.92. The lowest BCUT2D eigenvalue weighted by molar-refractivity contribution is -0.129. The normalized spacial score (nSPS) is 10.4. The first-order valence-electron chi connectivity index (χ1n) is 6.56. The Hall–Kier alpha value is -1.46. The Morgan fingerprint density at radius 3 is 2.79 bits per heavy atom. The minimum atomic E-state index is 0.166. The highest BCUT2D eigenvalue weighted by atomic mass is 16.5. The van der Waals surface area contributed by atoms with Crippen molar-refractivity contribution in [1.29, 1.82) is 0 Å². The van der Waals surface area contributed by atoms with Crippen molar-refractivity contribution in [2.75, 3.05) is 40.4 Å². The highest BCUT2D eigenvalue weighted by Crippen LogP contribution is 2.00. The second kappa shape index (κ2) is 9.47. The first-order valence-corrected chi connectivity index (χ1v) is 6.56. The molecule has 1 amide bonds. The van der Waals surface area contributed by atoms with Crippen molar-refractivity contribution in [3.05, 3.63) is 30.1 Å². The number of hydrogen-bond donors (Lipinski definition) is 1. The van der Waals surface area contributed by atoms with Crippen LogP contribution in [-0.2, 0) is 16.0 Å². The highest BCUT2D eigenvalue weighted by Gasteiger charge is 2.07. The molecule has 1 aromatic heterocycles. The van der Waals surface area contributed by atoms with Crippen molar-refractivity contribution in [2.24, 2.45) is 0 Å². The van der Waals surface area contributed by atoms with Crippen LogP contribution in [0.3, 0.4) is 0 Å². The van der Waals surface area contributed by atoms with Gasteiger partial charge in [-0.1, -0.05) is 0 Å². The molecule has 0 spiro atoms. The van der Waals surface area contributed by atoms with E-state index in [1.807, 2.05) is 19.2 Å². The van der Waals surface area contributed by atoms with E-state index in [9.17, 15) is 4.79 Å². The van der Waals surface area contributed by atoms with Crippen LogP contribution in [0.4, 0.5) is 0 Å². The Morgan fingerprint density at radius 1 is 1.37 bits per heavy atom. The van der Waals surface area contributed by atoms with Gasteiger partial charge in [-0.05, 0) is 24.1 Å². The van der Waals surface area contributed by atoms with E-state index < -0.39 is 0 Å². The Kier molecular flexibility index (Phi) is 7.77. The highest BCUT2D eigenvalue weighted by molar-refractivity contribution is 5.76. The summed E-state index contributed by atoms with van der Waals surface area (Å²) in [4.78, 5) is 17.6. The molecule has 0 aromatic carbocycles. The number of pyridine rings is 1. The summed E-state index contributed by atoms with van der Waals surface area (Å²) in [7, 11) is 3.51. The number of amides is 1. The molecule has 5 nitrogen and oxygen atoms in total. The molecule has 0 aliphatic heterocycles. The summed E-state index contributed by atoms with van der Waals surface area (Å²) in [6.45, 7) is 2.89. The van der Waals surface area contributed by atoms with E-state index in [1.54, 1.807) is 24.4 Å². The fourth-order valence-corrected chi connectivity index (χ4v) is 1.66. The fraction of sp³-hybridized carbons (Fsp3) is 0.571. The number of nitrogens with zero attached hydrogens (tertiary/aromatic N) is 2. The second-order valence-electron chi connectivity index (χ2n) is 4.41. The van der Waals surface area contributed by atoms with Gasteiger partial charge in [0.25, 0.3) is 0 Å². The van der Waals surface area contributed by atoms with Gasteiger partial charge < -0.3 is 15.0 Å². The van der Waals surface area contributed by atoms with Crippen molar-refractivity contribution < 1.29 is 9.53 Å². The summed E-state index contributed by atoms with van der Waals surface area (Å²) in [6.07, 6.45) is 4.94. The van der Waals surface area contributed by atoms with Crippen molar-refractivity contribution >= 4 is 5.91 Å². The third-order valence-corrected chi connectivity index (χ3v) is 2.91. The molecule has 0 aliphatic carbocycles. The number of ether oxygens (including phenoxy) is 1. The summed E-state index contributed by atoms with van der Waals surface area (Å²) in [6, 6.07) is 3.95. The molecule has 0 radical (unpaired) electrons. The van der Waals surface area contributed by atoms with Gasteiger partial charge in [0.1, 0.15) is 0 Å². The molecule has 0 fully saturated rings. The van der Waals surface area contributed by atoms with Gasteiger partial charge in [0, 0.05) is 52.6 Å². The Labute approximate surface area is 115 Å². The van der Waals surface area contributed by atoms with E-state index >= 15 is 0 Å². The topological polar surface area (TPSA) is 54.5 Å². The molecule has 19 heavy (non-hydrogen) atoms. The van der Waals surface area contributed by atoms with Crippen molar-refractivity contribution in [1.82, 2.24) is 15.2 Å². The van der Waals surface area contributed by atoms with Crippen LogP contribution in [0.15, 0.2) is 24.5 Å². The summed E-state index contributed by atoms with van der Waals surface area (Å²) in [5.41, 5.74) is 1.20. The molecule has 1 aromatic rings. The molecule has 0 atom stereocenters. The fourth-order valence-electron chi connectivity index (χ4n) is 1.66. The van der Waals surface area contributed by atoms with Gasteiger partial charge in [-0.3, -0.25) is 9.78 Å². The number of aromatic nitrogens is 1. The zero-order chi connectivity index (χ0) is 13.9. The number of likely N-dealkylation sites (N-methyl/N-ethyl adjacent to an activating group) is 1. The van der Waals surface area contributed by atoms with Crippen LogP contribution in [-0.4, -0.2) is 56.2 Å². The minimum absolute atomic E-state index is 0.166. The number of nitrogens with one attached hydrogen (secondary N) is 1. The third kappa shape index (κ3) is 6.88. The first kappa shape index (κ1) is 15.6. The molecule has 1 heterocycles. The largest absolute Gasteiger partial charge is 0.383 e. The van der Waals surface area contributed by atoms with Gasteiger partial charge in [-0.25, -0.2) is 0 Å². The van der Waals surface area contributed by atoms with Gasteiger partial charge >= 0.3 is 0 Å². The van der Waals surface area contributed by atoms with Crippen LogP contribution in [0.2, 0.25) is 0 Å². The van der Waals surface area contributed by atoms with Crippen molar-refractivity contribution in [3.63, 3.8) is 0 Å². The maximum Gasteiger partial charge on any atom is 0.223 e. The maximum atomic E-state index is 11.8. The molecule has 0 unspecified atom stereocenters. The SMILES string of the molecule is COCCNCCC(=O)N(C)CCc1ccncc1. The molecular formula is C14H23N3O2. The van der Waals surface area contributed by atoms with Crippen LogP contribution < -0.4 is 5.32 Å². The first-order chi connectivity index (χ1) is 9.24. The van der Waals surface area contributed by atoms with E-state index in [1.165, 1.54) is 5.56 Å². The van der Waals surface area contributed by atoms with Gasteiger partial charge in [0.15, 0.2) is 0 Å². The number of hydrogen-bond acceptors (Lipinski definition) is 4. The number of methoxy groups -OCH3 is 1. The third-order valence-electron chi connectivity index (χ3n) is 2.91. The van der Waals surface area contributed by atoms with E-state index in [-0.39, 0.29) is 5.91 Å². The molecule has 106 valence electrons. The van der Waals surface area contributed by atoms with Crippen LogP contribution in [0, 0.1) is 0 Å². The van der Waals surface area contributed by atoms with Gasteiger partial charge in [-0.2, -0.15) is 0 Å². The average Bonchev–Trinajstić information content (AvgIpc) is 2.45. The Morgan fingerprint density at radius 2 is 2.11 bits per heavy atom. The summed E-state index contributed by atoms with van der Waals surface area (Å²) >= 11 is 0. The van der Waals surface area contributed by atoms with Crippen molar-refractivity contribution in [3.8, 4) is 0 Å². The summed E-state index contributed by atoms with van der Waals surface area (Å²) in [5, 5.41) is 3.17. The van der Waals surface area contributed by atoms with Crippen LogP contribution in [0.5, 0.6) is 0 Å². The standard InChI is InChI=1S/C14H23N3O2/c1-17(11-6-13-3-7-15-8-4-13)14(18)5-9-16-10-12-19-2/h3-4,7-8,16H,5-6,9-12H2,1-2H3.